The van der Waals surface area contributed by atoms with Gasteiger partial charge in [0, 0.05) is 17.7 Å². The molecule has 0 N–H and O–H groups in total. The van der Waals surface area contributed by atoms with Crippen molar-refractivity contribution in [3.63, 3.8) is 0 Å². The molecule has 0 aliphatic carbocycles. The summed E-state index contributed by atoms with van der Waals surface area (Å²) in [7, 11) is -1.06. The third-order valence-corrected chi connectivity index (χ3v) is 9.64. The van der Waals surface area contributed by atoms with Crippen molar-refractivity contribution in [1.82, 2.24) is 9.88 Å². The van der Waals surface area contributed by atoms with E-state index in [2.05, 4.69) is 4.98 Å². The molecule has 10 heteroatoms. The highest BCUT2D eigenvalue weighted by Crippen LogP contribution is 2.47. The Labute approximate surface area is 280 Å². The maximum absolute atomic E-state index is 14.4. The average Bonchev–Trinajstić information content (AvgIpc) is 3.36. The molecule has 1 aliphatic rings. The van der Waals surface area contributed by atoms with Crippen molar-refractivity contribution in [1.29, 1.82) is 0 Å². The zero-order valence-electron chi connectivity index (χ0n) is 26.8. The van der Waals surface area contributed by atoms with E-state index in [9.17, 15) is 14.0 Å². The predicted molar refractivity (Wildman–Crippen MR) is 183 cm³/mol. The number of hydrogen-bond acceptors (Lipinski definition) is 7. The summed E-state index contributed by atoms with van der Waals surface area (Å²) in [5.74, 6) is -1.00. The summed E-state index contributed by atoms with van der Waals surface area (Å²) in [5, 5.41) is 0.549. The van der Waals surface area contributed by atoms with E-state index in [0.29, 0.717) is 42.3 Å². The molecule has 4 aromatic carbocycles. The monoisotopic (exact) mass is 666 g/mol. The summed E-state index contributed by atoms with van der Waals surface area (Å²) in [6.45, 7) is 5.15. The fourth-order valence-electron chi connectivity index (χ4n) is 5.72. The summed E-state index contributed by atoms with van der Waals surface area (Å²) >= 11 is 0. The molecule has 0 spiro atoms. The number of fused-ring (bicyclic) bond motifs is 2. The van der Waals surface area contributed by atoms with Gasteiger partial charge in [0.15, 0.2) is 14.1 Å². The first-order valence-corrected chi connectivity index (χ1v) is 17.3. The van der Waals surface area contributed by atoms with Crippen molar-refractivity contribution < 1.29 is 32.5 Å². The number of rotatable bonds is 15. The maximum atomic E-state index is 14.4. The Hall–Kier alpha value is -4.69. The molecule has 5 aromatic rings. The van der Waals surface area contributed by atoms with Crippen LogP contribution in [-0.4, -0.2) is 47.7 Å². The minimum Gasteiger partial charge on any atom is -0.492 e. The Balaban J connectivity index is 1.45. The highest BCUT2D eigenvalue weighted by Gasteiger charge is 2.43. The van der Waals surface area contributed by atoms with Crippen molar-refractivity contribution in [3.05, 3.63) is 137 Å². The Bertz CT molecular complexity index is 1830. The van der Waals surface area contributed by atoms with Crippen molar-refractivity contribution >= 4 is 31.1 Å². The lowest BCUT2D eigenvalue weighted by atomic mass is 9.99. The summed E-state index contributed by atoms with van der Waals surface area (Å²) in [6, 6.07) is 28.7. The van der Waals surface area contributed by atoms with Crippen LogP contribution in [0.5, 0.6) is 11.5 Å². The average molecular weight is 667 g/mol. The van der Waals surface area contributed by atoms with E-state index >= 15 is 0 Å². The molecule has 246 valence electrons. The highest BCUT2D eigenvalue weighted by molar-refractivity contribution is 7.47. The van der Waals surface area contributed by atoms with Gasteiger partial charge in [-0.1, -0.05) is 72.8 Å². The fraction of sp³-hybridized carbons (Fsp3) is 0.237. The molecule has 0 fully saturated rings. The molecule has 0 radical (unpaired) electrons. The summed E-state index contributed by atoms with van der Waals surface area (Å²) in [4.78, 5) is 34.5. The Kier molecular flexibility index (Phi) is 10.7. The smallest absolute Gasteiger partial charge is 0.265 e. The molecule has 2 amide bonds. The Morgan fingerprint density at radius 2 is 1.38 bits per heavy atom. The van der Waals surface area contributed by atoms with Crippen LogP contribution in [-0.2, 0) is 15.6 Å². The lowest BCUT2D eigenvalue weighted by Crippen LogP contribution is -2.29. The molecule has 48 heavy (non-hydrogen) atoms. The molecule has 8 nitrogen and oxygen atoms in total. The van der Waals surface area contributed by atoms with Gasteiger partial charge in [-0.25, -0.2) is 4.39 Å². The number of nitrogens with zero attached hydrogens (tertiary/aromatic N) is 2. The molecule has 1 aromatic heterocycles. The van der Waals surface area contributed by atoms with Gasteiger partial charge in [0.2, 0.25) is 0 Å². The molecule has 2 heterocycles. The van der Waals surface area contributed by atoms with Crippen LogP contribution in [0.4, 0.5) is 4.39 Å². The first-order valence-electron chi connectivity index (χ1n) is 16.0. The number of aromatic nitrogens is 1. The van der Waals surface area contributed by atoms with E-state index in [-0.39, 0.29) is 35.8 Å². The summed E-state index contributed by atoms with van der Waals surface area (Å²) < 4.78 is 38.4. The third kappa shape index (κ3) is 7.09. The summed E-state index contributed by atoms with van der Waals surface area (Å²) in [5.41, 5.74) is 2.94. The van der Waals surface area contributed by atoms with Crippen LogP contribution in [0.25, 0.3) is 10.9 Å². The number of imide groups is 1. The van der Waals surface area contributed by atoms with E-state index in [1.165, 1.54) is 12.1 Å². The molecule has 1 aliphatic heterocycles. The first-order chi connectivity index (χ1) is 23.5. The first kappa shape index (κ1) is 33.2. The number of halogens is 1. The van der Waals surface area contributed by atoms with E-state index in [0.717, 1.165) is 16.0 Å². The van der Waals surface area contributed by atoms with Crippen LogP contribution in [0.2, 0.25) is 0 Å². The van der Waals surface area contributed by atoms with Crippen LogP contribution in [0.15, 0.2) is 103 Å². The van der Waals surface area contributed by atoms with Crippen molar-refractivity contribution in [3.8, 4) is 11.5 Å². The van der Waals surface area contributed by atoms with Crippen LogP contribution < -0.4 is 9.47 Å². The standard InChI is InChI=1S/C38H36FN2O6P/c1-3-45-48(46-4-2)24-12-23-44-35-30-17-11-22-40-33(30)36(47-34(27-13-7-5-8-14-27)28-15-9-6-10-16-28)32-31(35)37(42)41(38(32)43)25-26-18-20-29(39)21-19-26/h5-11,13-22,34H,3-4,12,23-25H2,1-2H3. The van der Waals surface area contributed by atoms with E-state index in [1.54, 1.807) is 24.4 Å². The normalized spacial score (nSPS) is 12.7. The fourth-order valence-corrected chi connectivity index (χ4v) is 7.02. The number of carbonyl (C=O) groups is 2. The minimum atomic E-state index is -1.06. The molecule has 0 saturated carbocycles. The zero-order chi connectivity index (χ0) is 33.5. The molecule has 0 saturated heterocycles. The third-order valence-electron chi connectivity index (χ3n) is 7.86. The zero-order valence-corrected chi connectivity index (χ0v) is 27.7. The van der Waals surface area contributed by atoms with Crippen LogP contribution in [0.3, 0.4) is 0 Å². The van der Waals surface area contributed by atoms with E-state index in [1.807, 2.05) is 80.6 Å². The SMILES string of the molecule is CCOP(CCCOc1c2c(c(OC(c3ccccc3)c3ccccc3)c3ncccc13)C(=O)N(Cc1ccc(F)cc1)C2=O)OCC. The number of ether oxygens (including phenoxy) is 2. The molecular weight excluding hydrogens is 630 g/mol. The van der Waals surface area contributed by atoms with E-state index in [4.69, 9.17) is 18.5 Å². The Morgan fingerprint density at radius 3 is 1.98 bits per heavy atom. The minimum absolute atomic E-state index is 0.0525. The van der Waals surface area contributed by atoms with Gasteiger partial charge in [-0.3, -0.25) is 19.5 Å². The van der Waals surface area contributed by atoms with Gasteiger partial charge in [0.25, 0.3) is 11.8 Å². The van der Waals surface area contributed by atoms with Crippen molar-refractivity contribution in [2.24, 2.45) is 0 Å². The molecule has 6 rings (SSSR count). The van der Waals surface area contributed by atoms with Crippen LogP contribution in [0.1, 0.15) is 63.8 Å². The number of amides is 2. The largest absolute Gasteiger partial charge is 0.492 e. The van der Waals surface area contributed by atoms with Crippen molar-refractivity contribution in [2.75, 3.05) is 26.0 Å². The molecular formula is C38H36FN2O6P. The Morgan fingerprint density at radius 1 is 0.771 bits per heavy atom. The number of carbonyl (C=O) groups excluding carboxylic acids is 2. The quantitative estimate of drug-likeness (QED) is 0.0629. The molecule has 0 atom stereocenters. The van der Waals surface area contributed by atoms with Gasteiger partial charge in [0.1, 0.15) is 28.8 Å². The lowest BCUT2D eigenvalue weighted by molar-refractivity contribution is 0.0639. The highest BCUT2D eigenvalue weighted by atomic mass is 31.2. The summed E-state index contributed by atoms with van der Waals surface area (Å²) in [6.07, 6.45) is 2.27. The molecule has 0 bridgehead atoms. The van der Waals surface area contributed by atoms with Crippen molar-refractivity contribution in [2.45, 2.75) is 32.9 Å². The van der Waals surface area contributed by atoms with Crippen LogP contribution in [0, 0.1) is 5.82 Å². The maximum Gasteiger partial charge on any atom is 0.265 e. The predicted octanol–water partition coefficient (Wildman–Crippen LogP) is 8.49. The topological polar surface area (TPSA) is 87.2 Å². The van der Waals surface area contributed by atoms with Gasteiger partial charge in [0.05, 0.1) is 31.9 Å². The van der Waals surface area contributed by atoms with Gasteiger partial charge >= 0.3 is 0 Å². The van der Waals surface area contributed by atoms with Gasteiger partial charge in [-0.05, 0) is 61.2 Å². The number of pyridine rings is 1. The van der Waals surface area contributed by atoms with E-state index < -0.39 is 32.1 Å². The molecule has 0 unspecified atom stereocenters. The van der Waals surface area contributed by atoms with Crippen LogP contribution >= 0.6 is 8.38 Å². The number of hydrogen-bond donors (Lipinski definition) is 0. The second-order valence-corrected chi connectivity index (χ2v) is 12.7. The lowest BCUT2D eigenvalue weighted by Gasteiger charge is -2.23. The van der Waals surface area contributed by atoms with Gasteiger partial charge in [-0.2, -0.15) is 0 Å². The second kappa shape index (κ2) is 15.5. The van der Waals surface area contributed by atoms with Gasteiger partial charge < -0.3 is 18.5 Å². The second-order valence-electron chi connectivity index (χ2n) is 11.0. The van der Waals surface area contributed by atoms with Gasteiger partial charge in [-0.15, -0.1) is 0 Å². The number of benzene rings is 4.